The number of hydrogen-bond acceptors (Lipinski definition) is 6. The molecule has 7 nitrogen and oxygen atoms in total. The van der Waals surface area contributed by atoms with E-state index in [0.29, 0.717) is 16.2 Å². The fourth-order valence-corrected chi connectivity index (χ4v) is 3.74. The van der Waals surface area contributed by atoms with Gasteiger partial charge in [0.25, 0.3) is 0 Å². The smallest absolute Gasteiger partial charge is 0.234 e. The molecule has 0 saturated heterocycles. The molecule has 0 saturated carbocycles. The van der Waals surface area contributed by atoms with E-state index in [4.69, 9.17) is 11.6 Å². The number of anilines is 2. The Bertz CT molecular complexity index is 942. The van der Waals surface area contributed by atoms with Gasteiger partial charge in [0.15, 0.2) is 0 Å². The van der Waals surface area contributed by atoms with Gasteiger partial charge in [-0.3, -0.25) is 4.79 Å². The molecule has 0 atom stereocenters. The summed E-state index contributed by atoms with van der Waals surface area (Å²) in [4.78, 5) is 14.6. The summed E-state index contributed by atoms with van der Waals surface area (Å²) in [5, 5.41) is 15.8. The lowest BCUT2D eigenvalue weighted by Gasteiger charge is -2.27. The van der Waals surface area contributed by atoms with E-state index in [1.807, 2.05) is 36.4 Å². The highest BCUT2D eigenvalue weighted by molar-refractivity contribution is 7.99. The van der Waals surface area contributed by atoms with Gasteiger partial charge in [-0.2, -0.15) is 4.68 Å². The van der Waals surface area contributed by atoms with Gasteiger partial charge in [0, 0.05) is 29.0 Å². The van der Waals surface area contributed by atoms with Crippen LogP contribution in [0.25, 0.3) is 5.69 Å². The highest BCUT2D eigenvalue weighted by Crippen LogP contribution is 2.22. The number of rotatable bonds is 8. The highest BCUT2D eigenvalue weighted by atomic mass is 35.5. The summed E-state index contributed by atoms with van der Waals surface area (Å²) in [6, 6.07) is 15.5. The van der Waals surface area contributed by atoms with E-state index in [2.05, 4.69) is 46.5 Å². The fraction of sp³-hybridized carbons (Fsp3) is 0.300. The predicted molar refractivity (Wildman–Crippen MR) is 118 cm³/mol. The summed E-state index contributed by atoms with van der Waals surface area (Å²) in [6.45, 7) is 7.38. The van der Waals surface area contributed by atoms with E-state index in [1.165, 1.54) is 11.8 Å². The van der Waals surface area contributed by atoms with E-state index < -0.39 is 0 Å². The van der Waals surface area contributed by atoms with Crippen LogP contribution in [-0.4, -0.2) is 44.5 Å². The van der Waals surface area contributed by atoms with E-state index in [9.17, 15) is 4.79 Å². The van der Waals surface area contributed by atoms with Crippen LogP contribution < -0.4 is 10.2 Å². The SMILES string of the molecule is CCN(c1ccc(NC(=O)CSc2nnnn2-c2ccc(Cl)cc2)cc1)C(C)C. The summed E-state index contributed by atoms with van der Waals surface area (Å²) in [5.74, 6) is 0.0765. The first-order valence-corrected chi connectivity index (χ1v) is 10.7. The van der Waals surface area contributed by atoms with Crippen LogP contribution in [-0.2, 0) is 4.79 Å². The maximum atomic E-state index is 12.3. The molecular weight excluding hydrogens is 408 g/mol. The monoisotopic (exact) mass is 430 g/mol. The molecule has 1 heterocycles. The minimum Gasteiger partial charge on any atom is -0.369 e. The number of aromatic nitrogens is 4. The second-order valence-electron chi connectivity index (χ2n) is 6.61. The molecule has 0 radical (unpaired) electrons. The van der Waals surface area contributed by atoms with Crippen LogP contribution in [0.15, 0.2) is 53.7 Å². The van der Waals surface area contributed by atoms with Gasteiger partial charge in [0.1, 0.15) is 0 Å². The molecule has 0 spiro atoms. The first kappa shape index (κ1) is 21.1. The van der Waals surface area contributed by atoms with Crippen LogP contribution in [0.5, 0.6) is 0 Å². The average molecular weight is 431 g/mol. The first-order valence-electron chi connectivity index (χ1n) is 9.31. The van der Waals surface area contributed by atoms with Crippen molar-refractivity contribution in [1.29, 1.82) is 0 Å². The Morgan fingerprint density at radius 3 is 2.48 bits per heavy atom. The second-order valence-corrected chi connectivity index (χ2v) is 7.99. The number of carbonyl (C=O) groups is 1. The van der Waals surface area contributed by atoms with Gasteiger partial charge < -0.3 is 10.2 Å². The van der Waals surface area contributed by atoms with Crippen molar-refractivity contribution in [2.45, 2.75) is 32.0 Å². The van der Waals surface area contributed by atoms with E-state index >= 15 is 0 Å². The topological polar surface area (TPSA) is 75.9 Å². The van der Waals surface area contributed by atoms with Gasteiger partial charge in [-0.1, -0.05) is 23.4 Å². The quantitative estimate of drug-likeness (QED) is 0.537. The molecule has 152 valence electrons. The first-order chi connectivity index (χ1) is 14.0. The number of nitrogens with zero attached hydrogens (tertiary/aromatic N) is 5. The zero-order chi connectivity index (χ0) is 20.8. The minimum absolute atomic E-state index is 0.121. The van der Waals surface area contributed by atoms with Crippen molar-refractivity contribution in [3.63, 3.8) is 0 Å². The maximum Gasteiger partial charge on any atom is 0.234 e. The van der Waals surface area contributed by atoms with Crippen molar-refractivity contribution in [3.8, 4) is 5.69 Å². The van der Waals surface area contributed by atoms with Crippen LogP contribution in [0.3, 0.4) is 0 Å². The summed E-state index contributed by atoms with van der Waals surface area (Å²) in [7, 11) is 0. The van der Waals surface area contributed by atoms with Crippen molar-refractivity contribution < 1.29 is 4.79 Å². The van der Waals surface area contributed by atoms with Crippen molar-refractivity contribution in [2.75, 3.05) is 22.5 Å². The van der Waals surface area contributed by atoms with E-state index in [1.54, 1.807) is 16.8 Å². The lowest BCUT2D eigenvalue weighted by Crippen LogP contribution is -2.30. The molecule has 0 fully saturated rings. The number of nitrogens with one attached hydrogen (secondary N) is 1. The zero-order valence-electron chi connectivity index (χ0n) is 16.5. The molecule has 9 heteroatoms. The molecule has 2 aromatic carbocycles. The molecule has 1 amide bonds. The molecule has 1 aromatic heterocycles. The number of amides is 1. The van der Waals surface area contributed by atoms with E-state index in [0.717, 1.165) is 23.6 Å². The van der Waals surface area contributed by atoms with Crippen LogP contribution in [0.1, 0.15) is 20.8 Å². The Hall–Kier alpha value is -2.58. The lowest BCUT2D eigenvalue weighted by atomic mass is 10.2. The fourth-order valence-electron chi connectivity index (χ4n) is 2.92. The molecule has 3 rings (SSSR count). The molecule has 0 aliphatic heterocycles. The largest absolute Gasteiger partial charge is 0.369 e. The molecule has 0 unspecified atom stereocenters. The van der Waals surface area contributed by atoms with Gasteiger partial charge in [-0.25, -0.2) is 0 Å². The summed E-state index contributed by atoms with van der Waals surface area (Å²) >= 11 is 7.19. The number of carbonyl (C=O) groups excluding carboxylic acids is 1. The van der Waals surface area contributed by atoms with Gasteiger partial charge in [0.2, 0.25) is 11.1 Å². The van der Waals surface area contributed by atoms with Gasteiger partial charge >= 0.3 is 0 Å². The molecule has 29 heavy (non-hydrogen) atoms. The van der Waals surface area contributed by atoms with Crippen LogP contribution in [0.4, 0.5) is 11.4 Å². The number of thioether (sulfide) groups is 1. The summed E-state index contributed by atoms with van der Waals surface area (Å²) in [5.41, 5.74) is 2.68. The normalized spacial score (nSPS) is 10.9. The lowest BCUT2D eigenvalue weighted by molar-refractivity contribution is -0.113. The third kappa shape index (κ3) is 5.48. The third-order valence-electron chi connectivity index (χ3n) is 4.29. The summed E-state index contributed by atoms with van der Waals surface area (Å²) < 4.78 is 1.58. The minimum atomic E-state index is -0.121. The zero-order valence-corrected chi connectivity index (χ0v) is 18.1. The molecule has 1 N–H and O–H groups in total. The number of benzene rings is 2. The third-order valence-corrected chi connectivity index (χ3v) is 5.46. The standard InChI is InChI=1S/C20H23ClN6OS/c1-4-26(14(2)3)17-11-7-16(8-12-17)22-19(28)13-29-20-23-24-25-27(20)18-9-5-15(21)6-10-18/h5-12,14H,4,13H2,1-3H3,(H,22,28). The van der Waals surface area contributed by atoms with Crippen molar-refractivity contribution in [1.82, 2.24) is 20.2 Å². The maximum absolute atomic E-state index is 12.3. The van der Waals surface area contributed by atoms with Crippen LogP contribution >= 0.6 is 23.4 Å². The van der Waals surface area contributed by atoms with Gasteiger partial charge in [-0.15, -0.1) is 5.10 Å². The number of hydrogen-bond donors (Lipinski definition) is 1. The molecular formula is C20H23ClN6OS. The highest BCUT2D eigenvalue weighted by Gasteiger charge is 2.12. The van der Waals surface area contributed by atoms with Crippen LogP contribution in [0, 0.1) is 0 Å². The number of halogens is 1. The Labute approximate surface area is 179 Å². The Kier molecular flexibility index (Phi) is 7.11. The van der Waals surface area contributed by atoms with Gasteiger partial charge in [-0.05, 0) is 79.7 Å². The van der Waals surface area contributed by atoms with Crippen LogP contribution in [0.2, 0.25) is 5.02 Å². The van der Waals surface area contributed by atoms with Crippen molar-refractivity contribution in [3.05, 3.63) is 53.6 Å². The van der Waals surface area contributed by atoms with E-state index in [-0.39, 0.29) is 11.7 Å². The summed E-state index contributed by atoms with van der Waals surface area (Å²) in [6.07, 6.45) is 0. The molecule has 3 aromatic rings. The van der Waals surface area contributed by atoms with Crippen molar-refractivity contribution >= 4 is 40.6 Å². The second kappa shape index (κ2) is 9.76. The molecule has 0 aliphatic rings. The predicted octanol–water partition coefficient (Wildman–Crippen LogP) is 4.28. The number of tetrazole rings is 1. The Morgan fingerprint density at radius 2 is 1.86 bits per heavy atom. The molecule has 0 bridgehead atoms. The van der Waals surface area contributed by atoms with Gasteiger partial charge in [0.05, 0.1) is 11.4 Å². The average Bonchev–Trinajstić information content (AvgIpc) is 3.17. The van der Waals surface area contributed by atoms with Crippen molar-refractivity contribution in [2.24, 2.45) is 0 Å². The Morgan fingerprint density at radius 1 is 1.17 bits per heavy atom. The molecule has 0 aliphatic carbocycles. The Balaban J connectivity index is 1.58.